The van der Waals surface area contributed by atoms with E-state index < -0.39 is 12.5 Å². The molecule has 2 rings (SSSR count). The van der Waals surface area contributed by atoms with Crippen LogP contribution in [0.1, 0.15) is 30.9 Å². The summed E-state index contributed by atoms with van der Waals surface area (Å²) in [6, 6.07) is 7.19. The van der Waals surface area contributed by atoms with Gasteiger partial charge in [0.05, 0.1) is 0 Å². The van der Waals surface area contributed by atoms with Crippen molar-refractivity contribution in [1.29, 1.82) is 0 Å². The lowest BCUT2D eigenvalue weighted by atomic mass is 9.93. The molecule has 0 saturated carbocycles. The average molecular weight is 296 g/mol. The minimum Gasteiger partial charge on any atom is -0.344 e. The first-order valence-corrected chi connectivity index (χ1v) is 7.37. The first kappa shape index (κ1) is 15.9. The Labute approximate surface area is 124 Å². The van der Waals surface area contributed by atoms with E-state index >= 15 is 0 Å². The third kappa shape index (κ3) is 4.77. The number of carbonyl (C=O) groups excluding carboxylic acids is 1. The Balaban J connectivity index is 1.90. The molecule has 1 fully saturated rings. The van der Waals surface area contributed by atoms with Gasteiger partial charge in [-0.2, -0.15) is 0 Å². The molecule has 3 nitrogen and oxygen atoms in total. The molecule has 0 radical (unpaired) electrons. The van der Waals surface area contributed by atoms with Crippen LogP contribution in [0.3, 0.4) is 0 Å². The molecule has 1 heterocycles. The van der Waals surface area contributed by atoms with Crippen molar-refractivity contribution in [2.24, 2.45) is 5.92 Å². The summed E-state index contributed by atoms with van der Waals surface area (Å²) >= 11 is 0. The zero-order valence-corrected chi connectivity index (χ0v) is 12.3. The first-order valence-electron chi connectivity index (χ1n) is 7.37. The Morgan fingerprint density at radius 3 is 2.48 bits per heavy atom. The van der Waals surface area contributed by atoms with Crippen molar-refractivity contribution in [3.8, 4) is 0 Å². The van der Waals surface area contributed by atoms with Crippen LogP contribution in [0.5, 0.6) is 0 Å². The molecule has 5 heteroatoms. The third-order valence-corrected chi connectivity index (χ3v) is 4.04. The van der Waals surface area contributed by atoms with Crippen molar-refractivity contribution in [2.75, 3.05) is 20.1 Å². The molecule has 1 N–H and O–H groups in total. The number of alkyl halides is 2. The minimum absolute atomic E-state index is 0.279. The fourth-order valence-electron chi connectivity index (χ4n) is 2.71. The largest absolute Gasteiger partial charge is 0.344 e. The van der Waals surface area contributed by atoms with Gasteiger partial charge in [0.25, 0.3) is 6.43 Å². The highest BCUT2D eigenvalue weighted by Crippen LogP contribution is 2.23. The SMILES string of the molecule is CN1CCC(CC(=O)NC(c2ccccc2)C(F)F)CC1. The number of carbonyl (C=O) groups is 1. The molecule has 0 bridgehead atoms. The molecule has 21 heavy (non-hydrogen) atoms. The Morgan fingerprint density at radius 2 is 1.90 bits per heavy atom. The second-order valence-electron chi connectivity index (χ2n) is 5.74. The molecular formula is C16H22F2N2O. The summed E-state index contributed by atoms with van der Waals surface area (Å²) in [5, 5.41) is 2.49. The van der Waals surface area contributed by atoms with Crippen LogP contribution in [0.2, 0.25) is 0 Å². The van der Waals surface area contributed by atoms with Gasteiger partial charge in [0.1, 0.15) is 6.04 Å². The van der Waals surface area contributed by atoms with Gasteiger partial charge in [-0.15, -0.1) is 0 Å². The number of rotatable bonds is 5. The van der Waals surface area contributed by atoms with Gasteiger partial charge >= 0.3 is 0 Å². The van der Waals surface area contributed by atoms with Crippen LogP contribution in [0.25, 0.3) is 0 Å². The molecule has 1 aliphatic heterocycles. The molecule has 1 amide bonds. The van der Waals surface area contributed by atoms with E-state index in [1.54, 1.807) is 30.3 Å². The Bertz CT molecular complexity index is 445. The molecule has 1 aromatic rings. The zero-order valence-electron chi connectivity index (χ0n) is 12.3. The van der Waals surface area contributed by atoms with Crippen molar-refractivity contribution in [1.82, 2.24) is 10.2 Å². The molecule has 1 unspecified atom stereocenters. The second-order valence-corrected chi connectivity index (χ2v) is 5.74. The maximum atomic E-state index is 13.2. The van der Waals surface area contributed by atoms with Crippen molar-refractivity contribution in [3.63, 3.8) is 0 Å². The number of nitrogens with zero attached hydrogens (tertiary/aromatic N) is 1. The highest BCUT2D eigenvalue weighted by molar-refractivity contribution is 5.76. The number of piperidine rings is 1. The number of likely N-dealkylation sites (tertiary alicyclic amines) is 1. The smallest absolute Gasteiger partial charge is 0.262 e. The molecule has 1 aromatic carbocycles. The Hall–Kier alpha value is -1.49. The Kier molecular flexibility index (Phi) is 5.67. The summed E-state index contributed by atoms with van der Waals surface area (Å²) in [6.07, 6.45) is -0.360. The third-order valence-electron chi connectivity index (χ3n) is 4.04. The number of benzene rings is 1. The van der Waals surface area contributed by atoms with Crippen LogP contribution in [-0.4, -0.2) is 37.4 Å². The molecule has 0 aliphatic carbocycles. The van der Waals surface area contributed by atoms with E-state index in [9.17, 15) is 13.6 Å². The van der Waals surface area contributed by atoms with Crippen molar-refractivity contribution in [2.45, 2.75) is 31.7 Å². The van der Waals surface area contributed by atoms with Crippen molar-refractivity contribution < 1.29 is 13.6 Å². The van der Waals surface area contributed by atoms with Crippen LogP contribution in [0, 0.1) is 5.92 Å². The van der Waals surface area contributed by atoms with E-state index in [1.165, 1.54) is 0 Å². The van der Waals surface area contributed by atoms with Gasteiger partial charge in [0, 0.05) is 6.42 Å². The highest BCUT2D eigenvalue weighted by atomic mass is 19.3. The van der Waals surface area contributed by atoms with Gasteiger partial charge in [0.15, 0.2) is 0 Å². The number of hydrogen-bond acceptors (Lipinski definition) is 2. The predicted molar refractivity (Wildman–Crippen MR) is 78.2 cm³/mol. The summed E-state index contributed by atoms with van der Waals surface area (Å²) in [6.45, 7) is 1.93. The average Bonchev–Trinajstić information content (AvgIpc) is 2.48. The topological polar surface area (TPSA) is 32.3 Å². The molecular weight excluding hydrogens is 274 g/mol. The van der Waals surface area contributed by atoms with Crippen molar-refractivity contribution in [3.05, 3.63) is 35.9 Å². The van der Waals surface area contributed by atoms with Gasteiger partial charge in [-0.05, 0) is 44.5 Å². The summed E-state index contributed by atoms with van der Waals surface area (Å²) in [4.78, 5) is 14.2. The second kappa shape index (κ2) is 7.50. The Morgan fingerprint density at radius 1 is 1.29 bits per heavy atom. The summed E-state index contributed by atoms with van der Waals surface area (Å²) < 4.78 is 26.3. The predicted octanol–water partition coefficient (Wildman–Crippen LogP) is 2.84. The number of halogens is 2. The standard InChI is InChI=1S/C16H22F2N2O/c1-20-9-7-12(8-10-20)11-14(21)19-15(16(17)18)13-5-3-2-4-6-13/h2-6,12,15-16H,7-11H2,1H3,(H,19,21). The fourth-order valence-corrected chi connectivity index (χ4v) is 2.71. The van der Waals surface area contributed by atoms with Crippen LogP contribution in [0.4, 0.5) is 8.78 Å². The van der Waals surface area contributed by atoms with Crippen LogP contribution in [0.15, 0.2) is 30.3 Å². The van der Waals surface area contributed by atoms with E-state index in [1.807, 2.05) is 0 Å². The van der Waals surface area contributed by atoms with Gasteiger partial charge in [0.2, 0.25) is 5.91 Å². The summed E-state index contributed by atoms with van der Waals surface area (Å²) in [5.74, 6) is 0.0222. The first-order chi connectivity index (χ1) is 10.1. The van der Waals surface area contributed by atoms with Crippen LogP contribution >= 0.6 is 0 Å². The van der Waals surface area contributed by atoms with Crippen LogP contribution in [-0.2, 0) is 4.79 Å². The minimum atomic E-state index is -2.60. The number of amides is 1. The number of nitrogens with one attached hydrogen (secondary N) is 1. The van der Waals surface area contributed by atoms with E-state index in [0.717, 1.165) is 25.9 Å². The maximum absolute atomic E-state index is 13.2. The molecule has 116 valence electrons. The molecule has 1 saturated heterocycles. The molecule has 0 spiro atoms. The normalized spacial score (nSPS) is 18.7. The number of hydrogen-bond donors (Lipinski definition) is 1. The van der Waals surface area contributed by atoms with Crippen molar-refractivity contribution >= 4 is 5.91 Å². The lowest BCUT2D eigenvalue weighted by Gasteiger charge is -2.29. The summed E-state index contributed by atoms with van der Waals surface area (Å²) in [5.41, 5.74) is 0.448. The maximum Gasteiger partial charge on any atom is 0.262 e. The van der Waals surface area contributed by atoms with Crippen LogP contribution < -0.4 is 5.32 Å². The van der Waals surface area contributed by atoms with E-state index in [2.05, 4.69) is 17.3 Å². The summed E-state index contributed by atoms with van der Waals surface area (Å²) in [7, 11) is 2.05. The molecule has 1 aliphatic rings. The lowest BCUT2D eigenvalue weighted by Crippen LogP contribution is -2.36. The molecule has 1 atom stereocenters. The quantitative estimate of drug-likeness (QED) is 0.906. The van der Waals surface area contributed by atoms with Gasteiger partial charge in [-0.25, -0.2) is 8.78 Å². The molecule has 0 aromatic heterocycles. The van der Waals surface area contributed by atoms with Gasteiger partial charge < -0.3 is 10.2 Å². The highest BCUT2D eigenvalue weighted by Gasteiger charge is 2.26. The van der Waals surface area contributed by atoms with E-state index in [4.69, 9.17) is 0 Å². The van der Waals surface area contributed by atoms with Gasteiger partial charge in [-0.1, -0.05) is 30.3 Å². The zero-order chi connectivity index (χ0) is 15.2. The van der Waals surface area contributed by atoms with E-state index in [0.29, 0.717) is 17.9 Å². The van der Waals surface area contributed by atoms with E-state index in [-0.39, 0.29) is 5.91 Å². The van der Waals surface area contributed by atoms with Gasteiger partial charge in [-0.3, -0.25) is 4.79 Å². The lowest BCUT2D eigenvalue weighted by molar-refractivity contribution is -0.124. The monoisotopic (exact) mass is 296 g/mol. The fraction of sp³-hybridized carbons (Fsp3) is 0.562.